The van der Waals surface area contributed by atoms with E-state index in [-0.39, 0.29) is 5.91 Å². The summed E-state index contributed by atoms with van der Waals surface area (Å²) < 4.78 is 0. The Morgan fingerprint density at radius 2 is 1.79 bits per heavy atom. The number of nitrogen functional groups attached to an aromatic ring is 1. The maximum atomic E-state index is 12.5. The topological polar surface area (TPSA) is 99.4 Å². The lowest BCUT2D eigenvalue weighted by atomic mass is 10.2. The van der Waals surface area contributed by atoms with E-state index in [9.17, 15) is 4.79 Å². The van der Waals surface area contributed by atoms with E-state index >= 15 is 0 Å². The van der Waals surface area contributed by atoms with E-state index in [1.54, 1.807) is 6.20 Å². The highest BCUT2D eigenvalue weighted by Crippen LogP contribution is 2.38. The molecule has 0 spiro atoms. The molecule has 3 aromatic rings. The zero-order valence-electron chi connectivity index (χ0n) is 18.3. The van der Waals surface area contributed by atoms with E-state index in [0.29, 0.717) is 27.3 Å². The highest BCUT2D eigenvalue weighted by atomic mass is 32.2. The molecule has 0 unspecified atom stereocenters. The quantitative estimate of drug-likeness (QED) is 0.309. The summed E-state index contributed by atoms with van der Waals surface area (Å²) in [6.45, 7) is 4.22. The van der Waals surface area contributed by atoms with E-state index in [4.69, 9.17) is 5.73 Å². The third-order valence-corrected chi connectivity index (χ3v) is 6.69. The number of thioether (sulfide) groups is 1. The molecule has 2 aliphatic rings. The van der Waals surface area contributed by atoms with Gasteiger partial charge in [0.1, 0.15) is 5.03 Å². The minimum absolute atomic E-state index is 0.173. The number of hydrogen-bond donors (Lipinski definition) is 3. The lowest BCUT2D eigenvalue weighted by Gasteiger charge is -2.34. The number of likely N-dealkylation sites (N-methyl/N-ethyl adjacent to an activating group) is 1. The Morgan fingerprint density at radius 1 is 1.06 bits per heavy atom. The molecule has 1 amide bonds. The zero-order valence-corrected chi connectivity index (χ0v) is 19.1. The van der Waals surface area contributed by atoms with Crippen molar-refractivity contribution in [3.05, 3.63) is 65.2 Å². The maximum Gasteiger partial charge on any atom is 0.262 e. The van der Waals surface area contributed by atoms with E-state index in [0.717, 1.165) is 37.4 Å². The molecule has 5 rings (SSSR count). The van der Waals surface area contributed by atoms with Gasteiger partial charge in [0.05, 0.1) is 16.8 Å². The first-order valence-corrected chi connectivity index (χ1v) is 11.6. The van der Waals surface area contributed by atoms with Crippen molar-refractivity contribution in [1.82, 2.24) is 14.9 Å². The van der Waals surface area contributed by atoms with Crippen LogP contribution in [0.25, 0.3) is 6.08 Å². The molecule has 1 fully saturated rings. The minimum atomic E-state index is -0.173. The Labute approximate surface area is 196 Å². The molecule has 4 N–H and O–H groups in total. The van der Waals surface area contributed by atoms with Crippen LogP contribution < -0.4 is 21.3 Å². The SMILES string of the molecule is CN1CCN(c2ccc(Nc3ncc4c(n3)S/C(=C\c3ccc(N)cc3)C(=O)N4)cc2)CC1. The zero-order chi connectivity index (χ0) is 22.8. The summed E-state index contributed by atoms with van der Waals surface area (Å²) in [4.78, 5) is 26.8. The average Bonchev–Trinajstić information content (AvgIpc) is 2.82. The summed E-state index contributed by atoms with van der Waals surface area (Å²) in [5, 5.41) is 6.83. The normalized spacial score (nSPS) is 17.5. The van der Waals surface area contributed by atoms with Crippen molar-refractivity contribution in [3.63, 3.8) is 0 Å². The number of carbonyl (C=O) groups is 1. The molecule has 1 aromatic heterocycles. The molecule has 2 aliphatic heterocycles. The van der Waals surface area contributed by atoms with Gasteiger partial charge in [-0.15, -0.1) is 0 Å². The van der Waals surface area contributed by atoms with Crippen LogP contribution in [0.3, 0.4) is 0 Å². The van der Waals surface area contributed by atoms with Gasteiger partial charge in [0.2, 0.25) is 5.95 Å². The van der Waals surface area contributed by atoms with Gasteiger partial charge in [0.15, 0.2) is 0 Å². The second kappa shape index (κ2) is 9.13. The van der Waals surface area contributed by atoms with Crippen LogP contribution in [0.2, 0.25) is 0 Å². The number of piperazine rings is 1. The fraction of sp³-hybridized carbons (Fsp3) is 0.208. The second-order valence-corrected chi connectivity index (χ2v) is 9.14. The predicted octanol–water partition coefficient (Wildman–Crippen LogP) is 3.64. The smallest absolute Gasteiger partial charge is 0.262 e. The number of aromatic nitrogens is 2. The largest absolute Gasteiger partial charge is 0.399 e. The Bertz CT molecular complexity index is 1190. The van der Waals surface area contributed by atoms with Crippen LogP contribution >= 0.6 is 11.8 Å². The van der Waals surface area contributed by atoms with E-state index in [1.165, 1.54) is 17.4 Å². The highest BCUT2D eigenvalue weighted by molar-refractivity contribution is 8.04. The number of nitrogens with one attached hydrogen (secondary N) is 2. The molecule has 2 aromatic carbocycles. The number of benzene rings is 2. The van der Waals surface area contributed by atoms with Crippen LogP contribution in [0.1, 0.15) is 5.56 Å². The Balaban J connectivity index is 1.30. The number of hydrogen-bond acceptors (Lipinski definition) is 8. The number of rotatable bonds is 4. The summed E-state index contributed by atoms with van der Waals surface area (Å²) in [6.07, 6.45) is 3.46. The summed E-state index contributed by atoms with van der Waals surface area (Å²) in [5.74, 6) is 0.310. The number of nitrogens with two attached hydrogens (primary N) is 1. The van der Waals surface area contributed by atoms with Crippen LogP contribution in [0, 0.1) is 0 Å². The molecule has 3 heterocycles. The summed E-state index contributed by atoms with van der Waals surface area (Å²) >= 11 is 1.33. The number of fused-ring (bicyclic) bond motifs is 1. The predicted molar refractivity (Wildman–Crippen MR) is 135 cm³/mol. The highest BCUT2D eigenvalue weighted by Gasteiger charge is 2.23. The van der Waals surface area contributed by atoms with Crippen LogP contribution in [-0.2, 0) is 4.79 Å². The fourth-order valence-corrected chi connectivity index (χ4v) is 4.61. The van der Waals surface area contributed by atoms with Crippen LogP contribution in [0.5, 0.6) is 0 Å². The van der Waals surface area contributed by atoms with Gasteiger partial charge in [0, 0.05) is 43.2 Å². The molecule has 1 saturated heterocycles. The van der Waals surface area contributed by atoms with Crippen molar-refractivity contribution in [2.45, 2.75) is 5.03 Å². The molecule has 168 valence electrons. The first-order chi connectivity index (χ1) is 16.0. The molecule has 0 bridgehead atoms. The number of amides is 1. The van der Waals surface area contributed by atoms with E-state index in [2.05, 4.69) is 49.6 Å². The third kappa shape index (κ3) is 4.94. The van der Waals surface area contributed by atoms with Crippen LogP contribution in [0.4, 0.5) is 28.7 Å². The summed E-state index contributed by atoms with van der Waals surface area (Å²) in [5.41, 5.74) is 10.1. The standard InChI is InChI=1S/C24H25N7OS/c1-30-10-12-31(13-11-30)19-8-6-18(7-9-19)27-24-26-15-20-23(29-24)33-21(22(32)28-20)14-16-2-4-17(25)5-3-16/h2-9,14-15H,10-13,25H2,1H3,(H,28,32)(H,26,27,29)/b21-14-. The van der Waals surface area contributed by atoms with E-state index in [1.807, 2.05) is 42.5 Å². The van der Waals surface area contributed by atoms with Gasteiger partial charge in [-0.1, -0.05) is 23.9 Å². The molecule has 9 heteroatoms. The average molecular weight is 460 g/mol. The first-order valence-electron chi connectivity index (χ1n) is 10.8. The minimum Gasteiger partial charge on any atom is -0.399 e. The van der Waals surface area contributed by atoms with Gasteiger partial charge in [-0.2, -0.15) is 0 Å². The van der Waals surface area contributed by atoms with E-state index < -0.39 is 0 Å². The molecule has 0 atom stereocenters. The van der Waals surface area contributed by atoms with Gasteiger partial charge in [-0.25, -0.2) is 9.97 Å². The van der Waals surface area contributed by atoms with Crippen molar-refractivity contribution in [1.29, 1.82) is 0 Å². The van der Waals surface area contributed by atoms with Crippen LogP contribution in [-0.4, -0.2) is 54.0 Å². The van der Waals surface area contributed by atoms with Crippen molar-refractivity contribution in [3.8, 4) is 0 Å². The second-order valence-electron chi connectivity index (χ2n) is 8.11. The molecule has 0 saturated carbocycles. The van der Waals surface area contributed by atoms with Gasteiger partial charge < -0.3 is 26.2 Å². The van der Waals surface area contributed by atoms with Gasteiger partial charge >= 0.3 is 0 Å². The Hall–Kier alpha value is -3.56. The van der Waals surface area contributed by atoms with Gasteiger partial charge in [-0.05, 0) is 55.1 Å². The van der Waals surface area contributed by atoms with Crippen molar-refractivity contribution in [2.75, 3.05) is 54.5 Å². The molecule has 8 nitrogen and oxygen atoms in total. The van der Waals surface area contributed by atoms with Gasteiger partial charge in [0.25, 0.3) is 5.91 Å². The monoisotopic (exact) mass is 459 g/mol. The van der Waals surface area contributed by atoms with Crippen molar-refractivity contribution in [2.24, 2.45) is 0 Å². The summed E-state index contributed by atoms with van der Waals surface area (Å²) in [7, 11) is 2.16. The molecular weight excluding hydrogens is 434 g/mol. The molecule has 0 aliphatic carbocycles. The number of anilines is 5. The lowest BCUT2D eigenvalue weighted by molar-refractivity contribution is -0.112. The lowest BCUT2D eigenvalue weighted by Crippen LogP contribution is -2.44. The first kappa shape index (κ1) is 21.3. The van der Waals surface area contributed by atoms with Crippen LogP contribution in [0.15, 0.2) is 64.7 Å². The number of nitrogens with zero attached hydrogens (tertiary/aromatic N) is 4. The van der Waals surface area contributed by atoms with Crippen molar-refractivity contribution >= 4 is 52.4 Å². The fourth-order valence-electron chi connectivity index (χ4n) is 3.71. The summed E-state index contributed by atoms with van der Waals surface area (Å²) in [6, 6.07) is 15.7. The number of carbonyl (C=O) groups excluding carboxylic acids is 1. The maximum absolute atomic E-state index is 12.5. The Kier molecular flexibility index (Phi) is 5.89. The Morgan fingerprint density at radius 3 is 2.52 bits per heavy atom. The molecule has 33 heavy (non-hydrogen) atoms. The molecular formula is C24H25N7OS. The van der Waals surface area contributed by atoms with Crippen molar-refractivity contribution < 1.29 is 4.79 Å². The third-order valence-electron chi connectivity index (χ3n) is 5.66. The van der Waals surface area contributed by atoms with Gasteiger partial charge in [-0.3, -0.25) is 4.79 Å². The molecule has 0 radical (unpaired) electrons.